The molecule has 0 aliphatic carbocycles. The van der Waals surface area contributed by atoms with Gasteiger partial charge in [-0.2, -0.15) is 0 Å². The number of piperidine rings is 1. The molecule has 0 bridgehead atoms. The number of rotatable bonds is 3. The van der Waals surface area contributed by atoms with Gasteiger partial charge >= 0.3 is 6.09 Å². The highest BCUT2D eigenvalue weighted by molar-refractivity contribution is 6.00. The van der Waals surface area contributed by atoms with Gasteiger partial charge in [0.05, 0.1) is 19.1 Å². The first-order valence-corrected chi connectivity index (χ1v) is 8.00. The van der Waals surface area contributed by atoms with Crippen molar-refractivity contribution in [2.24, 2.45) is 0 Å². The molecule has 128 valence electrons. The van der Waals surface area contributed by atoms with Crippen LogP contribution in [0.25, 0.3) is 0 Å². The van der Waals surface area contributed by atoms with E-state index < -0.39 is 5.60 Å². The number of fused-ring (bicyclic) bond motifs is 1. The van der Waals surface area contributed by atoms with Gasteiger partial charge in [0.15, 0.2) is 5.78 Å². The highest BCUT2D eigenvalue weighted by Gasteiger charge is 2.44. The van der Waals surface area contributed by atoms with Crippen molar-refractivity contribution in [2.45, 2.75) is 24.9 Å². The SMILES string of the molecule is C=CCOC(=O)N1CCC2(CC1)CC(=O)c1ccc(OC)cc1O2. The standard InChI is InChI=1S/C18H21NO5/c1-3-10-23-17(21)19-8-6-18(7-9-19)12-15(20)14-5-4-13(22-2)11-16(14)24-18/h3-5,11H,1,6-10,12H2,2H3. The first kappa shape index (κ1) is 16.4. The molecule has 1 aromatic rings. The van der Waals surface area contributed by atoms with Gasteiger partial charge in [0.25, 0.3) is 0 Å². The number of Topliss-reactive ketones (excluding diaryl/α,β-unsaturated/α-hetero) is 1. The molecule has 2 aliphatic heterocycles. The largest absolute Gasteiger partial charge is 0.497 e. The summed E-state index contributed by atoms with van der Waals surface area (Å²) in [6.45, 7) is 4.73. The van der Waals surface area contributed by atoms with E-state index in [-0.39, 0.29) is 18.5 Å². The van der Waals surface area contributed by atoms with Crippen LogP contribution in [0.15, 0.2) is 30.9 Å². The molecule has 6 nitrogen and oxygen atoms in total. The highest BCUT2D eigenvalue weighted by atomic mass is 16.6. The summed E-state index contributed by atoms with van der Waals surface area (Å²) >= 11 is 0. The molecule has 1 spiro atoms. The molecule has 0 atom stereocenters. The van der Waals surface area contributed by atoms with Crippen molar-refractivity contribution in [3.63, 3.8) is 0 Å². The zero-order valence-electron chi connectivity index (χ0n) is 13.7. The molecule has 0 saturated carbocycles. The van der Waals surface area contributed by atoms with Crippen LogP contribution in [-0.2, 0) is 4.74 Å². The maximum atomic E-state index is 12.5. The van der Waals surface area contributed by atoms with Crippen molar-refractivity contribution in [1.29, 1.82) is 0 Å². The summed E-state index contributed by atoms with van der Waals surface area (Å²) in [6, 6.07) is 5.25. The number of amides is 1. The topological polar surface area (TPSA) is 65.1 Å². The van der Waals surface area contributed by atoms with E-state index >= 15 is 0 Å². The maximum absolute atomic E-state index is 12.5. The predicted octanol–water partition coefficient (Wildman–Crippen LogP) is 2.82. The summed E-state index contributed by atoms with van der Waals surface area (Å²) in [5, 5.41) is 0. The number of hydrogen-bond donors (Lipinski definition) is 0. The van der Waals surface area contributed by atoms with E-state index in [0.29, 0.717) is 49.4 Å². The van der Waals surface area contributed by atoms with Crippen molar-refractivity contribution in [3.05, 3.63) is 36.4 Å². The zero-order valence-corrected chi connectivity index (χ0v) is 13.7. The molecule has 1 saturated heterocycles. The van der Waals surface area contributed by atoms with E-state index in [1.165, 1.54) is 6.08 Å². The highest BCUT2D eigenvalue weighted by Crippen LogP contribution is 2.40. The van der Waals surface area contributed by atoms with Crippen LogP contribution < -0.4 is 9.47 Å². The number of methoxy groups -OCH3 is 1. The monoisotopic (exact) mass is 331 g/mol. The molecule has 1 aromatic carbocycles. The van der Waals surface area contributed by atoms with Crippen LogP contribution in [0.5, 0.6) is 11.5 Å². The number of ketones is 1. The molecule has 0 aromatic heterocycles. The summed E-state index contributed by atoms with van der Waals surface area (Å²) in [5.41, 5.74) is 0.0420. The molecular weight excluding hydrogens is 310 g/mol. The second-order valence-electron chi connectivity index (χ2n) is 6.10. The summed E-state index contributed by atoms with van der Waals surface area (Å²) in [6.07, 6.45) is 2.71. The van der Waals surface area contributed by atoms with Crippen molar-refractivity contribution < 1.29 is 23.8 Å². The van der Waals surface area contributed by atoms with Crippen LogP contribution in [0, 0.1) is 0 Å². The van der Waals surface area contributed by atoms with Crippen molar-refractivity contribution >= 4 is 11.9 Å². The van der Waals surface area contributed by atoms with Crippen LogP contribution in [0.2, 0.25) is 0 Å². The average molecular weight is 331 g/mol. The number of nitrogens with zero attached hydrogens (tertiary/aromatic N) is 1. The van der Waals surface area contributed by atoms with Crippen LogP contribution in [0.1, 0.15) is 29.6 Å². The Balaban J connectivity index is 1.71. The van der Waals surface area contributed by atoms with Crippen molar-refractivity contribution in [2.75, 3.05) is 26.8 Å². The Morgan fingerprint density at radius 2 is 2.17 bits per heavy atom. The molecule has 2 heterocycles. The molecule has 3 rings (SSSR count). The molecule has 1 amide bonds. The molecule has 0 radical (unpaired) electrons. The molecule has 24 heavy (non-hydrogen) atoms. The first-order chi connectivity index (χ1) is 11.6. The van der Waals surface area contributed by atoms with Gasteiger partial charge in [-0.3, -0.25) is 4.79 Å². The number of ether oxygens (including phenoxy) is 3. The molecule has 0 unspecified atom stereocenters. The number of likely N-dealkylation sites (tertiary alicyclic amines) is 1. The quantitative estimate of drug-likeness (QED) is 0.797. The summed E-state index contributed by atoms with van der Waals surface area (Å²) in [7, 11) is 1.58. The second-order valence-corrected chi connectivity index (χ2v) is 6.10. The number of hydrogen-bond acceptors (Lipinski definition) is 5. The van der Waals surface area contributed by atoms with Crippen molar-refractivity contribution in [1.82, 2.24) is 4.90 Å². The summed E-state index contributed by atoms with van der Waals surface area (Å²) in [5.74, 6) is 1.29. The number of carbonyl (C=O) groups is 2. The van der Waals surface area contributed by atoms with E-state index in [0.717, 1.165) is 0 Å². The smallest absolute Gasteiger partial charge is 0.410 e. The van der Waals surface area contributed by atoms with Gasteiger partial charge in [0.2, 0.25) is 0 Å². The van der Waals surface area contributed by atoms with Gasteiger partial charge in [0, 0.05) is 32.0 Å². The number of carbonyl (C=O) groups excluding carboxylic acids is 2. The Morgan fingerprint density at radius 1 is 1.42 bits per heavy atom. The lowest BCUT2D eigenvalue weighted by Crippen LogP contribution is -2.52. The second kappa shape index (κ2) is 6.55. The molecule has 2 aliphatic rings. The Morgan fingerprint density at radius 3 is 2.83 bits per heavy atom. The van der Waals surface area contributed by atoms with E-state index in [2.05, 4.69) is 6.58 Å². The fourth-order valence-corrected chi connectivity index (χ4v) is 3.20. The lowest BCUT2D eigenvalue weighted by atomic mass is 9.82. The predicted molar refractivity (Wildman–Crippen MR) is 87.7 cm³/mol. The third kappa shape index (κ3) is 3.09. The van der Waals surface area contributed by atoms with Gasteiger partial charge in [0.1, 0.15) is 23.7 Å². The van der Waals surface area contributed by atoms with E-state index in [4.69, 9.17) is 14.2 Å². The minimum Gasteiger partial charge on any atom is -0.497 e. The van der Waals surface area contributed by atoms with Crippen LogP contribution in [-0.4, -0.2) is 49.2 Å². The lowest BCUT2D eigenvalue weighted by molar-refractivity contribution is -0.00821. The third-order valence-electron chi connectivity index (χ3n) is 4.56. The minimum absolute atomic E-state index is 0.0709. The lowest BCUT2D eigenvalue weighted by Gasteiger charge is -2.43. The Kier molecular flexibility index (Phi) is 4.46. The summed E-state index contributed by atoms with van der Waals surface area (Å²) in [4.78, 5) is 26.0. The fraction of sp³-hybridized carbons (Fsp3) is 0.444. The average Bonchev–Trinajstić information content (AvgIpc) is 2.59. The first-order valence-electron chi connectivity index (χ1n) is 8.00. The van der Waals surface area contributed by atoms with Gasteiger partial charge < -0.3 is 19.1 Å². The molecule has 6 heteroatoms. The van der Waals surface area contributed by atoms with Crippen molar-refractivity contribution in [3.8, 4) is 11.5 Å². The van der Waals surface area contributed by atoms with Crippen LogP contribution >= 0.6 is 0 Å². The van der Waals surface area contributed by atoms with Crippen LogP contribution in [0.4, 0.5) is 4.79 Å². The van der Waals surface area contributed by atoms with E-state index in [1.807, 2.05) is 0 Å². The molecular formula is C18H21NO5. The summed E-state index contributed by atoms with van der Waals surface area (Å²) < 4.78 is 16.5. The Bertz CT molecular complexity index is 661. The van der Waals surface area contributed by atoms with E-state index in [1.54, 1.807) is 30.2 Å². The minimum atomic E-state index is -0.550. The molecule has 1 fully saturated rings. The normalized spacial score (nSPS) is 18.5. The molecule has 0 N–H and O–H groups in total. The Hall–Kier alpha value is -2.50. The van der Waals surface area contributed by atoms with Gasteiger partial charge in [-0.15, -0.1) is 0 Å². The van der Waals surface area contributed by atoms with Gasteiger partial charge in [-0.05, 0) is 12.1 Å². The van der Waals surface area contributed by atoms with Gasteiger partial charge in [-0.1, -0.05) is 12.7 Å². The fourth-order valence-electron chi connectivity index (χ4n) is 3.20. The van der Waals surface area contributed by atoms with Crippen LogP contribution in [0.3, 0.4) is 0 Å². The third-order valence-corrected chi connectivity index (χ3v) is 4.56. The Labute approximate surface area is 141 Å². The van der Waals surface area contributed by atoms with Gasteiger partial charge in [-0.25, -0.2) is 4.79 Å². The number of benzene rings is 1. The zero-order chi connectivity index (χ0) is 17.2. The maximum Gasteiger partial charge on any atom is 0.410 e. The van der Waals surface area contributed by atoms with E-state index in [9.17, 15) is 9.59 Å².